The number of fused-ring (bicyclic) bond motifs is 2. The summed E-state index contributed by atoms with van der Waals surface area (Å²) in [6.45, 7) is 0.511. The molecule has 2 aliphatic rings. The van der Waals surface area contributed by atoms with Gasteiger partial charge in [-0.25, -0.2) is 0 Å². The van der Waals surface area contributed by atoms with Gasteiger partial charge < -0.3 is 20.5 Å². The predicted molar refractivity (Wildman–Crippen MR) is 100 cm³/mol. The number of nitrogens with two attached hydrogens (primary N) is 1. The highest BCUT2D eigenvalue weighted by molar-refractivity contribution is 5.85. The molecular weight excluding hydrogens is 340 g/mol. The lowest BCUT2D eigenvalue weighted by Gasteiger charge is -2.43. The molecule has 0 saturated heterocycles. The summed E-state index contributed by atoms with van der Waals surface area (Å²) in [5, 5.41) is 3.09. The fourth-order valence-corrected chi connectivity index (χ4v) is 4.33. The van der Waals surface area contributed by atoms with Crippen molar-refractivity contribution in [3.05, 3.63) is 23.8 Å². The molecule has 1 aromatic carbocycles. The molecule has 5 nitrogen and oxygen atoms in total. The fraction of sp³-hybridized carbons (Fsp3) is 0.632. The summed E-state index contributed by atoms with van der Waals surface area (Å²) >= 11 is 0. The van der Waals surface area contributed by atoms with Gasteiger partial charge in [-0.15, -0.1) is 12.4 Å². The maximum Gasteiger partial charge on any atom is 0.223 e. The summed E-state index contributed by atoms with van der Waals surface area (Å²) in [4.78, 5) is 12.6. The topological polar surface area (TPSA) is 73.6 Å². The van der Waals surface area contributed by atoms with E-state index in [9.17, 15) is 4.79 Å². The number of ether oxygens (including phenoxy) is 2. The molecule has 0 heterocycles. The molecule has 6 heteroatoms. The van der Waals surface area contributed by atoms with E-state index in [4.69, 9.17) is 15.2 Å². The number of nitrogens with one attached hydrogen (secondary N) is 1. The highest BCUT2D eigenvalue weighted by atomic mass is 35.5. The van der Waals surface area contributed by atoms with E-state index >= 15 is 0 Å². The molecular formula is C19H29ClN2O3. The number of carbonyl (C=O) groups is 1. The largest absolute Gasteiger partial charge is 0.493 e. The Bertz CT molecular complexity index is 582. The Balaban J connectivity index is 0.00000225. The second-order valence-electron chi connectivity index (χ2n) is 7.10. The Hall–Kier alpha value is -1.46. The van der Waals surface area contributed by atoms with Crippen LogP contribution in [0.15, 0.2) is 18.2 Å². The van der Waals surface area contributed by atoms with Gasteiger partial charge in [0.25, 0.3) is 0 Å². The van der Waals surface area contributed by atoms with E-state index in [-0.39, 0.29) is 24.2 Å². The quantitative estimate of drug-likeness (QED) is 0.838. The monoisotopic (exact) mass is 368 g/mol. The van der Waals surface area contributed by atoms with Crippen LogP contribution in [0.5, 0.6) is 11.5 Å². The fourth-order valence-electron chi connectivity index (χ4n) is 4.33. The number of amides is 1. The Morgan fingerprint density at radius 2 is 1.80 bits per heavy atom. The molecule has 2 aliphatic carbocycles. The molecule has 3 N–H and O–H groups in total. The predicted octanol–water partition coefficient (Wildman–Crippen LogP) is 2.90. The Morgan fingerprint density at radius 3 is 2.40 bits per heavy atom. The van der Waals surface area contributed by atoms with Gasteiger partial charge in [0.05, 0.1) is 14.2 Å². The Morgan fingerprint density at radius 1 is 1.16 bits per heavy atom. The second kappa shape index (κ2) is 8.77. The first kappa shape index (κ1) is 19.9. The standard InChI is InChI=1S/C19H28N2O3.ClH/c1-23-16-7-6-12(8-17(16)24-2)11-21-19(22)15-9-13-4-3-5-14(10-15)18(13)20;/h6-8,13-15,18H,3-5,9-11,20H2,1-2H3,(H,21,22);1H. The molecule has 2 saturated carbocycles. The van der Waals surface area contributed by atoms with E-state index < -0.39 is 0 Å². The van der Waals surface area contributed by atoms with Crippen molar-refractivity contribution < 1.29 is 14.3 Å². The molecule has 2 unspecified atom stereocenters. The summed E-state index contributed by atoms with van der Waals surface area (Å²) in [6, 6.07) is 6.02. The zero-order valence-corrected chi connectivity index (χ0v) is 15.8. The van der Waals surface area contributed by atoms with E-state index in [1.807, 2.05) is 18.2 Å². The van der Waals surface area contributed by atoms with E-state index in [1.54, 1.807) is 14.2 Å². The van der Waals surface area contributed by atoms with Crippen molar-refractivity contribution in [2.24, 2.45) is 23.5 Å². The molecule has 0 spiro atoms. The molecule has 0 aromatic heterocycles. The number of benzene rings is 1. The molecule has 1 amide bonds. The lowest BCUT2D eigenvalue weighted by atomic mass is 9.65. The average molecular weight is 369 g/mol. The summed E-state index contributed by atoms with van der Waals surface area (Å²) < 4.78 is 10.6. The van der Waals surface area contributed by atoms with Crippen molar-refractivity contribution in [1.29, 1.82) is 0 Å². The molecule has 1 aromatic rings. The number of halogens is 1. The molecule has 2 bridgehead atoms. The summed E-state index contributed by atoms with van der Waals surface area (Å²) in [5.41, 5.74) is 7.32. The third kappa shape index (κ3) is 4.39. The Labute approximate surface area is 156 Å². The highest BCUT2D eigenvalue weighted by Crippen LogP contribution is 2.41. The second-order valence-corrected chi connectivity index (χ2v) is 7.10. The molecule has 2 atom stereocenters. The van der Waals surface area contributed by atoms with Crippen molar-refractivity contribution in [2.45, 2.75) is 44.7 Å². The Kier molecular flexibility index (Phi) is 6.96. The van der Waals surface area contributed by atoms with Gasteiger partial charge in [-0.3, -0.25) is 4.79 Å². The highest BCUT2D eigenvalue weighted by Gasteiger charge is 2.40. The normalized spacial score (nSPS) is 27.8. The zero-order valence-electron chi connectivity index (χ0n) is 15.0. The van der Waals surface area contributed by atoms with Crippen molar-refractivity contribution in [3.8, 4) is 11.5 Å². The van der Waals surface area contributed by atoms with E-state index in [0.717, 1.165) is 18.4 Å². The molecule has 0 radical (unpaired) electrons. The minimum absolute atomic E-state index is 0. The van der Waals surface area contributed by atoms with Gasteiger partial charge in [0.15, 0.2) is 11.5 Å². The first-order valence-corrected chi connectivity index (χ1v) is 8.86. The minimum atomic E-state index is 0. The average Bonchev–Trinajstić information content (AvgIpc) is 2.59. The third-order valence-electron chi connectivity index (χ3n) is 5.70. The van der Waals surface area contributed by atoms with Crippen LogP contribution < -0.4 is 20.5 Å². The van der Waals surface area contributed by atoms with Crippen LogP contribution in [0.3, 0.4) is 0 Å². The van der Waals surface area contributed by atoms with Gasteiger partial charge in [-0.05, 0) is 55.2 Å². The first-order valence-electron chi connectivity index (χ1n) is 8.86. The molecule has 140 valence electrons. The van der Waals surface area contributed by atoms with Crippen LogP contribution in [0.2, 0.25) is 0 Å². The van der Waals surface area contributed by atoms with Crippen LogP contribution in [0.1, 0.15) is 37.7 Å². The SMILES string of the molecule is COc1ccc(CNC(=O)C2CC3CCCC(C2)C3N)cc1OC.Cl. The number of hydrogen-bond acceptors (Lipinski definition) is 4. The number of hydrogen-bond donors (Lipinski definition) is 2. The van der Waals surface area contributed by atoms with Crippen molar-refractivity contribution in [3.63, 3.8) is 0 Å². The van der Waals surface area contributed by atoms with Gasteiger partial charge in [-0.1, -0.05) is 12.5 Å². The minimum Gasteiger partial charge on any atom is -0.493 e. The number of carbonyl (C=O) groups excluding carboxylic acids is 1. The van der Waals surface area contributed by atoms with Gasteiger partial charge in [0, 0.05) is 18.5 Å². The first-order chi connectivity index (χ1) is 11.6. The summed E-state index contributed by atoms with van der Waals surface area (Å²) in [7, 11) is 3.23. The van der Waals surface area contributed by atoms with Crippen LogP contribution in [0.4, 0.5) is 0 Å². The lowest BCUT2D eigenvalue weighted by Crippen LogP contribution is -2.49. The third-order valence-corrected chi connectivity index (χ3v) is 5.70. The van der Waals surface area contributed by atoms with Gasteiger partial charge >= 0.3 is 0 Å². The summed E-state index contributed by atoms with van der Waals surface area (Å²) in [5.74, 6) is 2.70. The van der Waals surface area contributed by atoms with Crippen LogP contribution >= 0.6 is 12.4 Å². The van der Waals surface area contributed by atoms with Crippen LogP contribution in [0.25, 0.3) is 0 Å². The van der Waals surface area contributed by atoms with Crippen LogP contribution in [-0.2, 0) is 11.3 Å². The van der Waals surface area contributed by atoms with E-state index in [0.29, 0.717) is 35.9 Å². The van der Waals surface area contributed by atoms with Crippen molar-refractivity contribution >= 4 is 18.3 Å². The smallest absolute Gasteiger partial charge is 0.223 e. The summed E-state index contributed by atoms with van der Waals surface area (Å²) in [6.07, 6.45) is 5.50. The number of methoxy groups -OCH3 is 2. The van der Waals surface area contributed by atoms with Gasteiger partial charge in [0.2, 0.25) is 5.91 Å². The lowest BCUT2D eigenvalue weighted by molar-refractivity contribution is -0.128. The van der Waals surface area contributed by atoms with Crippen LogP contribution in [0, 0.1) is 17.8 Å². The van der Waals surface area contributed by atoms with Gasteiger partial charge in [0.1, 0.15) is 0 Å². The van der Waals surface area contributed by atoms with E-state index in [2.05, 4.69) is 5.32 Å². The van der Waals surface area contributed by atoms with Crippen molar-refractivity contribution in [1.82, 2.24) is 5.32 Å². The van der Waals surface area contributed by atoms with Gasteiger partial charge in [-0.2, -0.15) is 0 Å². The van der Waals surface area contributed by atoms with Crippen molar-refractivity contribution in [2.75, 3.05) is 14.2 Å². The maximum absolute atomic E-state index is 12.6. The molecule has 3 rings (SSSR count). The van der Waals surface area contributed by atoms with E-state index in [1.165, 1.54) is 19.3 Å². The molecule has 0 aliphatic heterocycles. The number of rotatable bonds is 5. The van der Waals surface area contributed by atoms with Crippen LogP contribution in [-0.4, -0.2) is 26.2 Å². The molecule has 25 heavy (non-hydrogen) atoms. The zero-order chi connectivity index (χ0) is 17.1. The molecule has 2 fully saturated rings. The maximum atomic E-state index is 12.6.